The molecule has 3 heteroatoms. The molecule has 0 aliphatic heterocycles. The monoisotopic (exact) mass is 212 g/mol. The van der Waals surface area contributed by atoms with Gasteiger partial charge in [0.25, 0.3) is 0 Å². The Morgan fingerprint density at radius 2 is 2.21 bits per heavy atom. The highest BCUT2D eigenvalue weighted by atomic mass is 35.5. The van der Waals surface area contributed by atoms with E-state index in [0.29, 0.717) is 0 Å². The molecule has 0 saturated heterocycles. The van der Waals surface area contributed by atoms with Crippen molar-refractivity contribution in [3.8, 4) is 5.75 Å². The number of halogens is 1. The first kappa shape index (κ1) is 11.3. The van der Waals surface area contributed by atoms with Crippen LogP contribution in [0.4, 0.5) is 0 Å². The maximum Gasteiger partial charge on any atom is 0.119 e. The molecule has 2 rings (SSSR count). The molecule has 0 aromatic heterocycles. The molecular weight excluding hydrogens is 198 g/mol. The highest BCUT2D eigenvalue weighted by Crippen LogP contribution is 2.30. The number of nitrogens with two attached hydrogens (primary N) is 1. The summed E-state index contributed by atoms with van der Waals surface area (Å²) in [6.07, 6.45) is 3.45. The topological polar surface area (TPSA) is 35.2 Å². The summed E-state index contributed by atoms with van der Waals surface area (Å²) >= 11 is 0. The minimum atomic E-state index is 0. The molecule has 0 bridgehead atoms. The van der Waals surface area contributed by atoms with E-state index in [2.05, 4.69) is 12.1 Å². The van der Waals surface area contributed by atoms with Gasteiger partial charge in [0.2, 0.25) is 0 Å². The van der Waals surface area contributed by atoms with Crippen LogP contribution >= 0.6 is 0 Å². The van der Waals surface area contributed by atoms with E-state index in [1.807, 2.05) is 6.07 Å². The number of rotatable bonds is 1. The van der Waals surface area contributed by atoms with Crippen LogP contribution in [0.15, 0.2) is 18.2 Å². The molecule has 78 valence electrons. The molecule has 0 amide bonds. The molecule has 1 aromatic carbocycles. The van der Waals surface area contributed by atoms with Crippen LogP contribution in [0.25, 0.3) is 0 Å². The standard InChI is InChI=1S/C11H15NO.ClH/c1-13-9-5-6-10-8(7-9)3-2-4-11(10)12;/h5-7,11H,2-4,12H2,1H3;1H/p-1. The lowest BCUT2D eigenvalue weighted by Gasteiger charge is -2.22. The zero-order chi connectivity index (χ0) is 9.26. The minimum absolute atomic E-state index is 0. The van der Waals surface area contributed by atoms with Crippen LogP contribution in [-0.2, 0) is 6.42 Å². The number of fused-ring (bicyclic) bond motifs is 1. The highest BCUT2D eigenvalue weighted by Gasteiger charge is 2.16. The molecule has 0 heterocycles. The first-order chi connectivity index (χ1) is 6.31. The van der Waals surface area contributed by atoms with Crippen LogP contribution in [0, 0.1) is 0 Å². The summed E-state index contributed by atoms with van der Waals surface area (Å²) in [6, 6.07) is 6.42. The summed E-state index contributed by atoms with van der Waals surface area (Å²) in [7, 11) is 1.70. The van der Waals surface area contributed by atoms with Gasteiger partial charge in [-0.1, -0.05) is 6.07 Å². The first-order valence-electron chi connectivity index (χ1n) is 4.73. The third-order valence-corrected chi connectivity index (χ3v) is 2.71. The molecule has 0 spiro atoms. The molecule has 1 atom stereocenters. The molecule has 2 N–H and O–H groups in total. The van der Waals surface area contributed by atoms with Crippen molar-refractivity contribution in [2.45, 2.75) is 25.3 Å². The van der Waals surface area contributed by atoms with Crippen LogP contribution in [0.2, 0.25) is 0 Å². The van der Waals surface area contributed by atoms with Gasteiger partial charge < -0.3 is 22.9 Å². The van der Waals surface area contributed by atoms with Gasteiger partial charge in [-0.05, 0) is 42.5 Å². The van der Waals surface area contributed by atoms with Crippen molar-refractivity contribution in [1.29, 1.82) is 0 Å². The SMILES string of the molecule is COc1ccc2c(c1)CCCC2N.[Cl-]. The molecule has 1 aromatic rings. The molecule has 1 aliphatic rings. The predicted octanol–water partition coefficient (Wildman–Crippen LogP) is -0.965. The van der Waals surface area contributed by atoms with Crippen molar-refractivity contribution in [3.05, 3.63) is 29.3 Å². The van der Waals surface area contributed by atoms with Gasteiger partial charge in [-0.15, -0.1) is 0 Å². The fourth-order valence-electron chi connectivity index (χ4n) is 1.96. The van der Waals surface area contributed by atoms with Gasteiger partial charge in [-0.3, -0.25) is 0 Å². The van der Waals surface area contributed by atoms with Gasteiger partial charge in [0, 0.05) is 6.04 Å². The van der Waals surface area contributed by atoms with E-state index in [1.165, 1.54) is 17.5 Å². The molecule has 0 radical (unpaired) electrons. The second-order valence-corrected chi connectivity index (χ2v) is 3.56. The maximum atomic E-state index is 6.00. The number of ether oxygens (including phenoxy) is 1. The Hall–Kier alpha value is -0.730. The van der Waals surface area contributed by atoms with Crippen LogP contribution in [0.1, 0.15) is 30.0 Å². The predicted molar refractivity (Wildman–Crippen MR) is 52.9 cm³/mol. The average molecular weight is 213 g/mol. The zero-order valence-corrected chi connectivity index (χ0v) is 9.05. The lowest BCUT2D eigenvalue weighted by molar-refractivity contribution is -0.00000313. The summed E-state index contributed by atoms with van der Waals surface area (Å²) in [6.45, 7) is 0. The normalized spacial score (nSPS) is 19.4. The van der Waals surface area contributed by atoms with Gasteiger partial charge in [0.1, 0.15) is 5.75 Å². The second-order valence-electron chi connectivity index (χ2n) is 3.56. The molecule has 1 unspecified atom stereocenters. The molecule has 0 saturated carbocycles. The summed E-state index contributed by atoms with van der Waals surface area (Å²) in [4.78, 5) is 0. The van der Waals surface area contributed by atoms with Crippen molar-refractivity contribution in [1.82, 2.24) is 0 Å². The Bertz CT molecular complexity index is 314. The van der Waals surface area contributed by atoms with E-state index < -0.39 is 0 Å². The number of benzene rings is 1. The first-order valence-corrected chi connectivity index (χ1v) is 4.73. The van der Waals surface area contributed by atoms with E-state index in [0.717, 1.165) is 18.6 Å². The largest absolute Gasteiger partial charge is 1.00 e. The van der Waals surface area contributed by atoms with Crippen molar-refractivity contribution in [2.24, 2.45) is 5.73 Å². The summed E-state index contributed by atoms with van der Waals surface area (Å²) in [5.41, 5.74) is 8.65. The van der Waals surface area contributed by atoms with Gasteiger partial charge in [-0.2, -0.15) is 0 Å². The summed E-state index contributed by atoms with van der Waals surface area (Å²) in [5.74, 6) is 0.938. The van der Waals surface area contributed by atoms with Crippen molar-refractivity contribution < 1.29 is 17.1 Å². The van der Waals surface area contributed by atoms with Crippen molar-refractivity contribution in [3.63, 3.8) is 0 Å². The van der Waals surface area contributed by atoms with Gasteiger partial charge in [-0.25, -0.2) is 0 Å². The minimum Gasteiger partial charge on any atom is -1.00 e. The lowest BCUT2D eigenvalue weighted by Crippen LogP contribution is -3.00. The molecule has 0 fully saturated rings. The lowest BCUT2D eigenvalue weighted by atomic mass is 9.88. The number of hydrogen-bond donors (Lipinski definition) is 1. The second kappa shape index (κ2) is 4.67. The van der Waals surface area contributed by atoms with Gasteiger partial charge in [0.15, 0.2) is 0 Å². The Morgan fingerprint density at radius 3 is 2.93 bits per heavy atom. The maximum absolute atomic E-state index is 6.00. The van der Waals surface area contributed by atoms with Crippen molar-refractivity contribution >= 4 is 0 Å². The molecular formula is C11H15ClNO-. The van der Waals surface area contributed by atoms with Crippen LogP contribution in [0.5, 0.6) is 5.75 Å². The van der Waals surface area contributed by atoms with Gasteiger partial charge >= 0.3 is 0 Å². The van der Waals surface area contributed by atoms with Crippen LogP contribution < -0.4 is 22.9 Å². The molecule has 14 heavy (non-hydrogen) atoms. The fourth-order valence-corrected chi connectivity index (χ4v) is 1.96. The Labute approximate surface area is 90.9 Å². The number of aryl methyl sites for hydroxylation is 1. The summed E-state index contributed by atoms with van der Waals surface area (Å²) in [5, 5.41) is 0. The van der Waals surface area contributed by atoms with E-state index >= 15 is 0 Å². The smallest absolute Gasteiger partial charge is 0.119 e. The zero-order valence-electron chi connectivity index (χ0n) is 8.29. The highest BCUT2D eigenvalue weighted by molar-refractivity contribution is 5.38. The summed E-state index contributed by atoms with van der Waals surface area (Å²) < 4.78 is 5.17. The average Bonchev–Trinajstić information content (AvgIpc) is 2.18. The Balaban J connectivity index is 0.000000980. The Morgan fingerprint density at radius 1 is 1.43 bits per heavy atom. The number of hydrogen-bond acceptors (Lipinski definition) is 2. The quantitative estimate of drug-likeness (QED) is 0.651. The third kappa shape index (κ3) is 2.02. The van der Waals surface area contributed by atoms with Crippen LogP contribution in [-0.4, -0.2) is 7.11 Å². The van der Waals surface area contributed by atoms with E-state index in [1.54, 1.807) is 7.11 Å². The van der Waals surface area contributed by atoms with E-state index in [-0.39, 0.29) is 18.4 Å². The fraction of sp³-hybridized carbons (Fsp3) is 0.455. The van der Waals surface area contributed by atoms with Gasteiger partial charge in [0.05, 0.1) is 7.11 Å². The number of methoxy groups -OCH3 is 1. The van der Waals surface area contributed by atoms with E-state index in [9.17, 15) is 0 Å². The molecule has 2 nitrogen and oxygen atoms in total. The van der Waals surface area contributed by atoms with Crippen molar-refractivity contribution in [2.75, 3.05) is 7.11 Å². The molecule has 1 aliphatic carbocycles. The third-order valence-electron chi connectivity index (χ3n) is 2.71. The Kier molecular flexibility index (Phi) is 3.78. The van der Waals surface area contributed by atoms with Crippen LogP contribution in [0.3, 0.4) is 0 Å². The van der Waals surface area contributed by atoms with E-state index in [4.69, 9.17) is 10.5 Å².